The van der Waals surface area contributed by atoms with Crippen molar-refractivity contribution in [1.82, 2.24) is 0 Å². The Hall–Kier alpha value is -1.89. The SMILES string of the molecule is COC(=O)CCC(O)c1ccc(OC)c(OC(F)F)c1. The summed E-state index contributed by atoms with van der Waals surface area (Å²) in [6.07, 6.45) is -0.845. The van der Waals surface area contributed by atoms with E-state index in [1.165, 1.54) is 32.4 Å². The molecule has 0 heterocycles. The molecule has 0 radical (unpaired) electrons. The predicted octanol–water partition coefficient (Wildman–Crippen LogP) is 2.28. The molecule has 1 N–H and O–H groups in total. The first-order valence-corrected chi connectivity index (χ1v) is 5.85. The number of halogens is 2. The standard InChI is InChI=1S/C13H16F2O5/c1-18-10-5-3-8(7-11(10)20-13(14)15)9(16)4-6-12(17)19-2/h3,5,7,9,13,16H,4,6H2,1-2H3. The van der Waals surface area contributed by atoms with Crippen LogP contribution in [0.2, 0.25) is 0 Å². The van der Waals surface area contributed by atoms with Crippen LogP contribution in [0.3, 0.4) is 0 Å². The zero-order valence-corrected chi connectivity index (χ0v) is 11.1. The van der Waals surface area contributed by atoms with Gasteiger partial charge in [0.2, 0.25) is 0 Å². The van der Waals surface area contributed by atoms with Gasteiger partial charge in [-0.05, 0) is 24.1 Å². The summed E-state index contributed by atoms with van der Waals surface area (Å²) in [5, 5.41) is 9.90. The molecule has 7 heteroatoms. The normalized spacial score (nSPS) is 12.1. The van der Waals surface area contributed by atoms with Crippen molar-refractivity contribution in [2.75, 3.05) is 14.2 Å². The van der Waals surface area contributed by atoms with E-state index in [0.717, 1.165) is 0 Å². The van der Waals surface area contributed by atoms with E-state index in [1.54, 1.807) is 0 Å². The van der Waals surface area contributed by atoms with Crippen molar-refractivity contribution in [2.24, 2.45) is 0 Å². The lowest BCUT2D eigenvalue weighted by molar-refractivity contribution is -0.141. The van der Waals surface area contributed by atoms with Gasteiger partial charge in [-0.25, -0.2) is 0 Å². The second-order valence-electron chi connectivity index (χ2n) is 3.92. The van der Waals surface area contributed by atoms with Crippen LogP contribution in [-0.2, 0) is 9.53 Å². The number of aliphatic hydroxyl groups excluding tert-OH is 1. The molecule has 0 amide bonds. The lowest BCUT2D eigenvalue weighted by Crippen LogP contribution is -2.07. The van der Waals surface area contributed by atoms with Crippen LogP contribution in [0.1, 0.15) is 24.5 Å². The van der Waals surface area contributed by atoms with Crippen LogP contribution < -0.4 is 9.47 Å². The smallest absolute Gasteiger partial charge is 0.387 e. The topological polar surface area (TPSA) is 65.0 Å². The van der Waals surface area contributed by atoms with Crippen LogP contribution in [0.25, 0.3) is 0 Å². The van der Waals surface area contributed by atoms with E-state index in [1.807, 2.05) is 0 Å². The van der Waals surface area contributed by atoms with Crippen LogP contribution >= 0.6 is 0 Å². The van der Waals surface area contributed by atoms with E-state index in [-0.39, 0.29) is 24.3 Å². The van der Waals surface area contributed by atoms with Gasteiger partial charge in [0, 0.05) is 6.42 Å². The zero-order chi connectivity index (χ0) is 15.1. The number of esters is 1. The number of ether oxygens (including phenoxy) is 3. The fourth-order valence-corrected chi connectivity index (χ4v) is 1.61. The minimum atomic E-state index is -2.99. The van der Waals surface area contributed by atoms with E-state index in [2.05, 4.69) is 9.47 Å². The highest BCUT2D eigenvalue weighted by Gasteiger charge is 2.16. The summed E-state index contributed by atoms with van der Waals surface area (Å²) in [6, 6.07) is 4.18. The highest BCUT2D eigenvalue weighted by atomic mass is 19.3. The molecule has 0 aliphatic heterocycles. The maximum Gasteiger partial charge on any atom is 0.387 e. The zero-order valence-electron chi connectivity index (χ0n) is 11.1. The molecule has 0 aliphatic carbocycles. The molecule has 0 aliphatic rings. The Bertz CT molecular complexity index is 450. The summed E-state index contributed by atoms with van der Waals surface area (Å²) >= 11 is 0. The van der Waals surface area contributed by atoms with E-state index < -0.39 is 18.7 Å². The molecule has 0 fully saturated rings. The highest BCUT2D eigenvalue weighted by Crippen LogP contribution is 2.32. The quantitative estimate of drug-likeness (QED) is 0.780. The number of carbonyl (C=O) groups is 1. The molecule has 0 aromatic heterocycles. The first-order valence-electron chi connectivity index (χ1n) is 5.85. The molecule has 112 valence electrons. The molecule has 0 saturated heterocycles. The third kappa shape index (κ3) is 4.65. The Morgan fingerprint density at radius 2 is 2.00 bits per heavy atom. The summed E-state index contributed by atoms with van der Waals surface area (Å²) in [5.74, 6) is -0.493. The van der Waals surface area contributed by atoms with E-state index >= 15 is 0 Å². The first-order chi connectivity index (χ1) is 9.47. The number of hydrogen-bond donors (Lipinski definition) is 1. The monoisotopic (exact) mass is 290 g/mol. The number of aliphatic hydroxyl groups is 1. The van der Waals surface area contributed by atoms with Gasteiger partial charge in [0.15, 0.2) is 11.5 Å². The molecule has 1 unspecified atom stereocenters. The Morgan fingerprint density at radius 3 is 2.55 bits per heavy atom. The van der Waals surface area contributed by atoms with Crippen LogP contribution in [-0.4, -0.2) is 31.9 Å². The lowest BCUT2D eigenvalue weighted by Gasteiger charge is -2.14. The van der Waals surface area contributed by atoms with Crippen molar-refractivity contribution in [2.45, 2.75) is 25.6 Å². The number of benzene rings is 1. The average molecular weight is 290 g/mol. The first kappa shape index (κ1) is 16.2. The van der Waals surface area contributed by atoms with Crippen molar-refractivity contribution < 1.29 is 32.9 Å². The molecule has 1 aromatic rings. The van der Waals surface area contributed by atoms with Gasteiger partial charge in [-0.2, -0.15) is 8.78 Å². The van der Waals surface area contributed by atoms with Crippen molar-refractivity contribution in [3.63, 3.8) is 0 Å². The maximum absolute atomic E-state index is 12.3. The van der Waals surface area contributed by atoms with E-state index in [0.29, 0.717) is 5.56 Å². The number of alkyl halides is 2. The maximum atomic E-state index is 12.3. The largest absolute Gasteiger partial charge is 0.493 e. The molecular formula is C13H16F2O5. The van der Waals surface area contributed by atoms with Gasteiger partial charge in [-0.3, -0.25) is 4.79 Å². The fourth-order valence-electron chi connectivity index (χ4n) is 1.61. The van der Waals surface area contributed by atoms with Gasteiger partial charge in [0.05, 0.1) is 20.3 Å². The van der Waals surface area contributed by atoms with Crippen LogP contribution in [0, 0.1) is 0 Å². The molecule has 1 rings (SSSR count). The highest BCUT2D eigenvalue weighted by molar-refractivity contribution is 5.69. The minimum absolute atomic E-state index is 0.0226. The average Bonchev–Trinajstić information content (AvgIpc) is 2.43. The Balaban J connectivity index is 2.81. The summed E-state index contributed by atoms with van der Waals surface area (Å²) in [4.78, 5) is 11.0. The second-order valence-corrected chi connectivity index (χ2v) is 3.92. The van der Waals surface area contributed by atoms with Crippen LogP contribution in [0.4, 0.5) is 8.78 Å². The summed E-state index contributed by atoms with van der Waals surface area (Å²) in [7, 11) is 2.57. The molecule has 0 bridgehead atoms. The Morgan fingerprint density at radius 1 is 1.30 bits per heavy atom. The Kier molecular flexibility index (Phi) is 6.17. The molecular weight excluding hydrogens is 274 g/mol. The van der Waals surface area contributed by atoms with Crippen molar-refractivity contribution in [1.29, 1.82) is 0 Å². The fraction of sp³-hybridized carbons (Fsp3) is 0.462. The van der Waals surface area contributed by atoms with Gasteiger partial charge in [-0.15, -0.1) is 0 Å². The third-order valence-electron chi connectivity index (χ3n) is 2.64. The van der Waals surface area contributed by atoms with E-state index in [4.69, 9.17) is 4.74 Å². The third-order valence-corrected chi connectivity index (χ3v) is 2.64. The molecule has 20 heavy (non-hydrogen) atoms. The molecule has 0 saturated carbocycles. The number of methoxy groups -OCH3 is 2. The number of rotatable bonds is 7. The number of carbonyl (C=O) groups excluding carboxylic acids is 1. The van der Waals surface area contributed by atoms with Crippen LogP contribution in [0.15, 0.2) is 18.2 Å². The molecule has 5 nitrogen and oxygen atoms in total. The Labute approximate surface area is 115 Å². The van der Waals surface area contributed by atoms with Gasteiger partial charge >= 0.3 is 12.6 Å². The van der Waals surface area contributed by atoms with E-state index in [9.17, 15) is 18.7 Å². The second kappa shape index (κ2) is 7.64. The summed E-state index contributed by atoms with van der Waals surface area (Å²) in [5.41, 5.74) is 0.352. The van der Waals surface area contributed by atoms with Gasteiger partial charge in [-0.1, -0.05) is 6.07 Å². The molecule has 0 spiro atoms. The van der Waals surface area contributed by atoms with Crippen molar-refractivity contribution in [3.8, 4) is 11.5 Å². The predicted molar refractivity (Wildman–Crippen MR) is 65.8 cm³/mol. The van der Waals surface area contributed by atoms with Crippen molar-refractivity contribution in [3.05, 3.63) is 23.8 Å². The molecule has 1 atom stereocenters. The summed E-state index contributed by atoms with van der Waals surface area (Å²) in [6.45, 7) is -2.99. The minimum Gasteiger partial charge on any atom is -0.493 e. The van der Waals surface area contributed by atoms with Gasteiger partial charge < -0.3 is 19.3 Å². The lowest BCUT2D eigenvalue weighted by atomic mass is 10.0. The number of hydrogen-bond acceptors (Lipinski definition) is 5. The van der Waals surface area contributed by atoms with Crippen LogP contribution in [0.5, 0.6) is 11.5 Å². The van der Waals surface area contributed by atoms with Gasteiger partial charge in [0.1, 0.15) is 0 Å². The summed E-state index contributed by atoms with van der Waals surface area (Å²) < 4.78 is 38.2. The van der Waals surface area contributed by atoms with Crippen molar-refractivity contribution >= 4 is 5.97 Å². The molecule has 1 aromatic carbocycles. The van der Waals surface area contributed by atoms with Gasteiger partial charge in [0.25, 0.3) is 0 Å².